The number of anilines is 1. The molecule has 0 bridgehead atoms. The summed E-state index contributed by atoms with van der Waals surface area (Å²) in [4.78, 5) is 13.4. The summed E-state index contributed by atoms with van der Waals surface area (Å²) >= 11 is 5.72. The van der Waals surface area contributed by atoms with Crippen LogP contribution in [0.2, 0.25) is 5.02 Å². The zero-order chi connectivity index (χ0) is 14.8. The Morgan fingerprint density at radius 3 is 2.60 bits per heavy atom. The molecule has 1 N–H and O–H groups in total. The Kier molecular flexibility index (Phi) is 3.86. The first-order valence-electron chi connectivity index (χ1n) is 5.28. The molecule has 0 radical (unpaired) electrons. The first kappa shape index (κ1) is 14.2. The molecule has 0 atom stereocenters. The average molecular weight is 314 g/mol. The van der Waals surface area contributed by atoms with Crippen LogP contribution in [0.15, 0.2) is 47.5 Å². The first-order valence-corrected chi connectivity index (χ1v) is 7.14. The van der Waals surface area contributed by atoms with E-state index in [1.54, 1.807) is 0 Å². The Hall–Kier alpha value is -2.19. The van der Waals surface area contributed by atoms with E-state index in [0.717, 1.165) is 12.1 Å². The second kappa shape index (κ2) is 5.43. The number of pyridine rings is 1. The number of hydrogen-bond donors (Lipinski definition) is 1. The van der Waals surface area contributed by atoms with Crippen LogP contribution in [-0.2, 0) is 10.0 Å². The van der Waals surface area contributed by atoms with Crippen molar-refractivity contribution in [1.82, 2.24) is 4.98 Å². The van der Waals surface area contributed by atoms with Crippen LogP contribution in [0, 0.1) is 10.1 Å². The molecular weight excluding hydrogens is 306 g/mol. The molecule has 1 aromatic heterocycles. The van der Waals surface area contributed by atoms with Gasteiger partial charge in [-0.1, -0.05) is 23.7 Å². The fourth-order valence-corrected chi connectivity index (χ4v) is 2.82. The minimum absolute atomic E-state index is 0.0179. The Labute approximate surface area is 119 Å². The van der Waals surface area contributed by atoms with Gasteiger partial charge >= 0.3 is 0 Å². The molecule has 0 aliphatic carbocycles. The Balaban J connectivity index is 2.44. The smallest absolute Gasteiger partial charge is 0.263 e. The molecule has 2 rings (SSSR count). The van der Waals surface area contributed by atoms with Crippen molar-refractivity contribution in [3.63, 3.8) is 0 Å². The molecule has 0 amide bonds. The van der Waals surface area contributed by atoms with Gasteiger partial charge in [0.05, 0.1) is 4.92 Å². The van der Waals surface area contributed by atoms with E-state index in [2.05, 4.69) is 9.71 Å². The lowest BCUT2D eigenvalue weighted by atomic mass is 10.3. The zero-order valence-corrected chi connectivity index (χ0v) is 11.4. The van der Waals surface area contributed by atoms with Crippen LogP contribution in [0.1, 0.15) is 0 Å². The number of hydrogen-bond acceptors (Lipinski definition) is 5. The van der Waals surface area contributed by atoms with E-state index < -0.39 is 25.5 Å². The lowest BCUT2D eigenvalue weighted by Gasteiger charge is -2.07. The van der Waals surface area contributed by atoms with Gasteiger partial charge in [-0.2, -0.15) is 0 Å². The minimum Gasteiger partial charge on any atom is -0.263 e. The largest absolute Gasteiger partial charge is 0.289 e. The summed E-state index contributed by atoms with van der Waals surface area (Å²) in [6.45, 7) is 0. The lowest BCUT2D eigenvalue weighted by Crippen LogP contribution is -2.15. The normalized spacial score (nSPS) is 11.1. The van der Waals surface area contributed by atoms with Crippen LogP contribution in [0.3, 0.4) is 0 Å². The highest BCUT2D eigenvalue weighted by atomic mass is 35.5. The highest BCUT2D eigenvalue weighted by Gasteiger charge is 2.25. The molecule has 9 heteroatoms. The maximum absolute atomic E-state index is 12.1. The van der Waals surface area contributed by atoms with E-state index in [4.69, 9.17) is 11.6 Å². The highest BCUT2D eigenvalue weighted by Crippen LogP contribution is 2.25. The van der Waals surface area contributed by atoms with Gasteiger partial charge in [0, 0.05) is 23.4 Å². The van der Waals surface area contributed by atoms with Crippen LogP contribution < -0.4 is 4.72 Å². The molecule has 0 unspecified atom stereocenters. The maximum Gasteiger partial charge on any atom is 0.289 e. The Bertz CT molecular complexity index is 764. The molecule has 7 nitrogen and oxygen atoms in total. The third-order valence-electron chi connectivity index (χ3n) is 2.31. The third kappa shape index (κ3) is 3.03. The summed E-state index contributed by atoms with van der Waals surface area (Å²) in [5.74, 6) is -0.0179. The molecule has 0 spiro atoms. The quantitative estimate of drug-likeness (QED) is 0.690. The highest BCUT2D eigenvalue weighted by molar-refractivity contribution is 7.92. The van der Waals surface area contributed by atoms with Crippen molar-refractivity contribution < 1.29 is 13.3 Å². The van der Waals surface area contributed by atoms with E-state index in [1.807, 2.05) is 0 Å². The summed E-state index contributed by atoms with van der Waals surface area (Å²) in [7, 11) is -4.12. The number of para-hydroxylation sites is 1. The molecule has 2 aromatic rings. The fourth-order valence-electron chi connectivity index (χ4n) is 1.49. The van der Waals surface area contributed by atoms with Crippen molar-refractivity contribution in [3.05, 3.63) is 57.7 Å². The van der Waals surface area contributed by atoms with Gasteiger partial charge in [-0.25, -0.2) is 13.4 Å². The third-order valence-corrected chi connectivity index (χ3v) is 3.95. The van der Waals surface area contributed by atoms with E-state index >= 15 is 0 Å². The van der Waals surface area contributed by atoms with Gasteiger partial charge in [-0.3, -0.25) is 14.8 Å². The topological polar surface area (TPSA) is 102 Å². The summed E-state index contributed by atoms with van der Waals surface area (Å²) in [6.07, 6.45) is 1.32. The second-order valence-electron chi connectivity index (χ2n) is 3.69. The van der Waals surface area contributed by atoms with Crippen molar-refractivity contribution in [2.24, 2.45) is 0 Å². The Morgan fingerprint density at radius 1 is 1.25 bits per heavy atom. The molecule has 0 saturated carbocycles. The second-order valence-corrected chi connectivity index (χ2v) is 5.78. The first-order chi connectivity index (χ1) is 9.40. The number of nitrogens with zero attached hydrogens (tertiary/aromatic N) is 2. The summed E-state index contributed by atoms with van der Waals surface area (Å²) in [5, 5.41) is 11.1. The van der Waals surface area contributed by atoms with Crippen molar-refractivity contribution in [3.8, 4) is 0 Å². The van der Waals surface area contributed by atoms with Crippen molar-refractivity contribution in [2.75, 3.05) is 4.72 Å². The van der Waals surface area contributed by atoms with Crippen LogP contribution in [0.5, 0.6) is 0 Å². The van der Waals surface area contributed by atoms with E-state index in [1.165, 1.54) is 30.5 Å². The SMILES string of the molecule is O=[N+]([O-])c1ccccc1S(=O)(=O)Nc1cc(Cl)ccn1. The molecule has 1 aromatic carbocycles. The number of halogens is 1. The monoisotopic (exact) mass is 313 g/mol. The van der Waals surface area contributed by atoms with Gasteiger partial charge < -0.3 is 0 Å². The van der Waals surface area contributed by atoms with E-state index in [-0.39, 0.29) is 5.82 Å². The Morgan fingerprint density at radius 2 is 1.95 bits per heavy atom. The number of sulfonamides is 1. The van der Waals surface area contributed by atoms with Gasteiger partial charge in [-0.15, -0.1) is 0 Å². The molecule has 0 aliphatic heterocycles. The number of nitro groups is 1. The molecule has 1 heterocycles. The van der Waals surface area contributed by atoms with Gasteiger partial charge in [-0.05, 0) is 12.1 Å². The molecule has 104 valence electrons. The van der Waals surface area contributed by atoms with Gasteiger partial charge in [0.2, 0.25) is 0 Å². The predicted octanol–water partition coefficient (Wildman–Crippen LogP) is 2.44. The summed E-state index contributed by atoms with van der Waals surface area (Å²) in [6, 6.07) is 7.81. The predicted molar refractivity (Wildman–Crippen MR) is 73.2 cm³/mol. The lowest BCUT2D eigenvalue weighted by molar-refractivity contribution is -0.387. The molecule has 0 saturated heterocycles. The average Bonchev–Trinajstić information content (AvgIpc) is 2.38. The van der Waals surface area contributed by atoms with E-state index in [0.29, 0.717) is 5.02 Å². The standard InChI is InChI=1S/C11H8ClN3O4S/c12-8-5-6-13-11(7-8)14-20(18,19)10-4-2-1-3-9(10)15(16)17/h1-7H,(H,13,14). The van der Waals surface area contributed by atoms with Crippen LogP contribution in [0.4, 0.5) is 11.5 Å². The van der Waals surface area contributed by atoms with E-state index in [9.17, 15) is 18.5 Å². The number of benzene rings is 1. The molecule has 20 heavy (non-hydrogen) atoms. The molecular formula is C11H8ClN3O4S. The van der Waals surface area contributed by atoms with Crippen molar-refractivity contribution in [2.45, 2.75) is 4.90 Å². The molecule has 0 aliphatic rings. The minimum atomic E-state index is -4.12. The number of aromatic nitrogens is 1. The fraction of sp³-hybridized carbons (Fsp3) is 0. The van der Waals surface area contributed by atoms with Crippen molar-refractivity contribution in [1.29, 1.82) is 0 Å². The van der Waals surface area contributed by atoms with Gasteiger partial charge in [0.25, 0.3) is 15.7 Å². The maximum atomic E-state index is 12.1. The van der Waals surface area contributed by atoms with Crippen LogP contribution in [0.25, 0.3) is 0 Å². The number of rotatable bonds is 4. The van der Waals surface area contributed by atoms with Gasteiger partial charge in [0.15, 0.2) is 4.90 Å². The summed E-state index contributed by atoms with van der Waals surface area (Å²) in [5.41, 5.74) is -0.512. The molecule has 0 fully saturated rings. The number of nitrogens with one attached hydrogen (secondary N) is 1. The van der Waals surface area contributed by atoms with Crippen LogP contribution >= 0.6 is 11.6 Å². The summed E-state index contributed by atoms with van der Waals surface area (Å²) < 4.78 is 26.4. The van der Waals surface area contributed by atoms with Gasteiger partial charge in [0.1, 0.15) is 5.82 Å². The zero-order valence-electron chi connectivity index (χ0n) is 9.86. The van der Waals surface area contributed by atoms with Crippen molar-refractivity contribution >= 4 is 33.1 Å². The number of nitro benzene ring substituents is 1. The van der Waals surface area contributed by atoms with Crippen LogP contribution in [-0.4, -0.2) is 18.3 Å².